The van der Waals surface area contributed by atoms with Crippen molar-refractivity contribution in [3.8, 4) is 0 Å². The van der Waals surface area contributed by atoms with Gasteiger partial charge in [-0.05, 0) is 42.7 Å². The topological polar surface area (TPSA) is 20.3 Å². The lowest BCUT2D eigenvalue weighted by molar-refractivity contribution is -0.122. The van der Waals surface area contributed by atoms with Crippen LogP contribution >= 0.6 is 11.6 Å². The zero-order chi connectivity index (χ0) is 14.3. The van der Waals surface area contributed by atoms with Gasteiger partial charge in [0.05, 0.1) is 5.41 Å². The van der Waals surface area contributed by atoms with Crippen molar-refractivity contribution in [1.82, 2.24) is 0 Å². The average molecular weight is 286 g/mol. The Morgan fingerprint density at radius 2 is 1.75 bits per heavy atom. The van der Waals surface area contributed by atoms with E-state index in [-0.39, 0.29) is 5.91 Å². The van der Waals surface area contributed by atoms with E-state index in [4.69, 9.17) is 11.6 Å². The van der Waals surface area contributed by atoms with Gasteiger partial charge >= 0.3 is 0 Å². The molecule has 0 bridgehead atoms. The second-order valence-corrected chi connectivity index (χ2v) is 5.95. The number of hydrogen-bond donors (Lipinski definition) is 0. The number of carbonyl (C=O) groups excluding carboxylic acids is 1. The van der Waals surface area contributed by atoms with Crippen LogP contribution in [0.4, 0.5) is 5.69 Å². The highest BCUT2D eigenvalue weighted by Gasteiger charge is 2.45. The predicted octanol–water partition coefficient (Wildman–Crippen LogP) is 3.82. The maximum atomic E-state index is 12.7. The number of hydrogen-bond acceptors (Lipinski definition) is 1. The molecule has 0 spiro atoms. The summed E-state index contributed by atoms with van der Waals surface area (Å²) in [7, 11) is 1.84. The summed E-state index contributed by atoms with van der Waals surface area (Å²) in [5, 5.41) is 0.717. The molecule has 0 saturated heterocycles. The summed E-state index contributed by atoms with van der Waals surface area (Å²) in [4.78, 5) is 14.4. The van der Waals surface area contributed by atoms with Crippen LogP contribution in [0.1, 0.15) is 18.1 Å². The average Bonchev–Trinajstić information content (AvgIpc) is 2.65. The van der Waals surface area contributed by atoms with E-state index in [1.807, 2.05) is 62.5 Å². The van der Waals surface area contributed by atoms with Gasteiger partial charge in [-0.3, -0.25) is 4.79 Å². The third kappa shape index (κ3) is 1.92. The first-order chi connectivity index (χ1) is 9.52. The van der Waals surface area contributed by atoms with Crippen molar-refractivity contribution in [2.75, 3.05) is 11.9 Å². The van der Waals surface area contributed by atoms with Gasteiger partial charge in [0.1, 0.15) is 0 Å². The van der Waals surface area contributed by atoms with E-state index in [2.05, 4.69) is 0 Å². The molecule has 0 unspecified atom stereocenters. The van der Waals surface area contributed by atoms with Gasteiger partial charge in [-0.2, -0.15) is 0 Å². The molecular formula is C17H16ClNO. The summed E-state index contributed by atoms with van der Waals surface area (Å²) in [6.07, 6.45) is 0.685. The Labute approximate surface area is 124 Å². The molecule has 0 fully saturated rings. The van der Waals surface area contributed by atoms with Crippen LogP contribution in [0.3, 0.4) is 0 Å². The molecule has 0 N–H and O–H groups in total. The third-order valence-corrected chi connectivity index (χ3v) is 4.36. The second kappa shape index (κ2) is 4.64. The van der Waals surface area contributed by atoms with E-state index in [1.165, 1.54) is 0 Å². The largest absolute Gasteiger partial charge is 0.314 e. The fraction of sp³-hybridized carbons (Fsp3) is 0.235. The Bertz CT molecular complexity index is 665. The van der Waals surface area contributed by atoms with Crippen LogP contribution in [-0.2, 0) is 16.6 Å². The minimum absolute atomic E-state index is 0.147. The Hall–Kier alpha value is -1.80. The minimum atomic E-state index is -0.501. The van der Waals surface area contributed by atoms with Gasteiger partial charge in [-0.1, -0.05) is 41.9 Å². The van der Waals surface area contributed by atoms with Crippen molar-refractivity contribution in [2.45, 2.75) is 18.8 Å². The predicted molar refractivity (Wildman–Crippen MR) is 82.4 cm³/mol. The number of anilines is 1. The van der Waals surface area contributed by atoms with Crippen molar-refractivity contribution >= 4 is 23.2 Å². The second-order valence-electron chi connectivity index (χ2n) is 5.52. The van der Waals surface area contributed by atoms with Crippen LogP contribution in [0, 0.1) is 0 Å². The highest BCUT2D eigenvalue weighted by molar-refractivity contribution is 6.30. The number of amides is 1. The van der Waals surface area contributed by atoms with Crippen molar-refractivity contribution in [3.63, 3.8) is 0 Å². The highest BCUT2D eigenvalue weighted by atomic mass is 35.5. The summed E-state index contributed by atoms with van der Waals surface area (Å²) in [5.74, 6) is 0.147. The Morgan fingerprint density at radius 1 is 1.10 bits per heavy atom. The van der Waals surface area contributed by atoms with Crippen LogP contribution in [0.5, 0.6) is 0 Å². The first-order valence-corrected chi connectivity index (χ1v) is 7.02. The zero-order valence-corrected chi connectivity index (χ0v) is 12.3. The highest BCUT2D eigenvalue weighted by Crippen LogP contribution is 2.42. The number of nitrogens with zero attached hydrogens (tertiary/aromatic N) is 1. The lowest BCUT2D eigenvalue weighted by atomic mass is 9.78. The van der Waals surface area contributed by atoms with Crippen LogP contribution < -0.4 is 4.90 Å². The minimum Gasteiger partial charge on any atom is -0.314 e. The van der Waals surface area contributed by atoms with Gasteiger partial charge in [-0.25, -0.2) is 0 Å². The molecule has 0 saturated carbocycles. The zero-order valence-electron chi connectivity index (χ0n) is 11.6. The molecule has 3 heteroatoms. The Morgan fingerprint density at radius 3 is 2.45 bits per heavy atom. The smallest absolute Gasteiger partial charge is 0.237 e. The standard InChI is InChI=1S/C17H16ClNO/c1-17(11-12-7-9-13(18)10-8-12)14-5-3-4-6-15(14)19(2)16(17)20/h3-10H,11H2,1-2H3/t17-/m0/s1. The molecule has 1 atom stereocenters. The van der Waals surface area contributed by atoms with Gasteiger partial charge in [0.2, 0.25) is 5.91 Å². The number of rotatable bonds is 2. The molecule has 1 aliphatic heterocycles. The summed E-state index contributed by atoms with van der Waals surface area (Å²) < 4.78 is 0. The van der Waals surface area contributed by atoms with E-state index in [9.17, 15) is 4.79 Å². The molecule has 3 rings (SSSR count). The summed E-state index contributed by atoms with van der Waals surface area (Å²) in [6.45, 7) is 2.02. The van der Waals surface area contributed by atoms with Gasteiger partial charge < -0.3 is 4.90 Å². The van der Waals surface area contributed by atoms with Crippen LogP contribution in [0.25, 0.3) is 0 Å². The third-order valence-electron chi connectivity index (χ3n) is 4.11. The number of likely N-dealkylation sites (N-methyl/N-ethyl adjacent to an activating group) is 1. The first-order valence-electron chi connectivity index (χ1n) is 6.64. The number of para-hydroxylation sites is 1. The first kappa shape index (κ1) is 13.2. The van der Waals surface area contributed by atoms with Crippen LogP contribution in [-0.4, -0.2) is 13.0 Å². The molecule has 2 aromatic carbocycles. The van der Waals surface area contributed by atoms with Crippen LogP contribution in [0.15, 0.2) is 48.5 Å². The monoisotopic (exact) mass is 285 g/mol. The Balaban J connectivity index is 2.03. The molecule has 0 radical (unpaired) electrons. The molecule has 0 aromatic heterocycles. The molecule has 1 amide bonds. The van der Waals surface area contributed by atoms with Crippen molar-refractivity contribution in [2.24, 2.45) is 0 Å². The van der Waals surface area contributed by atoms with Crippen molar-refractivity contribution in [3.05, 3.63) is 64.7 Å². The van der Waals surface area contributed by atoms with Crippen LogP contribution in [0.2, 0.25) is 5.02 Å². The van der Waals surface area contributed by atoms with E-state index in [0.29, 0.717) is 11.4 Å². The van der Waals surface area contributed by atoms with E-state index < -0.39 is 5.41 Å². The maximum absolute atomic E-state index is 12.7. The van der Waals surface area contributed by atoms with Crippen molar-refractivity contribution in [1.29, 1.82) is 0 Å². The number of halogens is 1. The lowest BCUT2D eigenvalue weighted by Gasteiger charge is -2.23. The van der Waals surface area contributed by atoms with Crippen molar-refractivity contribution < 1.29 is 4.79 Å². The van der Waals surface area contributed by atoms with E-state index in [0.717, 1.165) is 16.8 Å². The van der Waals surface area contributed by atoms with Gasteiger partial charge in [-0.15, -0.1) is 0 Å². The molecular weight excluding hydrogens is 270 g/mol. The SMILES string of the molecule is CN1C(=O)[C@@](C)(Cc2ccc(Cl)cc2)c2ccccc21. The lowest BCUT2D eigenvalue weighted by Crippen LogP contribution is -2.37. The fourth-order valence-electron chi connectivity index (χ4n) is 3.01. The van der Waals surface area contributed by atoms with Gasteiger partial charge in [0, 0.05) is 17.8 Å². The molecule has 0 aliphatic carbocycles. The molecule has 1 heterocycles. The Kier molecular flexibility index (Phi) is 3.06. The fourth-order valence-corrected chi connectivity index (χ4v) is 3.13. The molecule has 2 aromatic rings. The normalized spacial score (nSPS) is 21.1. The molecule has 102 valence electrons. The number of fused-ring (bicyclic) bond motifs is 1. The summed E-state index contributed by atoms with van der Waals surface area (Å²) >= 11 is 5.92. The number of benzene rings is 2. The quantitative estimate of drug-likeness (QED) is 0.821. The van der Waals surface area contributed by atoms with E-state index in [1.54, 1.807) is 4.90 Å². The van der Waals surface area contributed by atoms with Gasteiger partial charge in [0.15, 0.2) is 0 Å². The molecule has 20 heavy (non-hydrogen) atoms. The number of carbonyl (C=O) groups is 1. The summed E-state index contributed by atoms with van der Waals surface area (Å²) in [5.41, 5.74) is 2.73. The maximum Gasteiger partial charge on any atom is 0.237 e. The summed E-state index contributed by atoms with van der Waals surface area (Å²) in [6, 6.07) is 15.7. The molecule has 1 aliphatic rings. The van der Waals surface area contributed by atoms with Gasteiger partial charge in [0.25, 0.3) is 0 Å². The van der Waals surface area contributed by atoms with E-state index >= 15 is 0 Å². The molecule has 2 nitrogen and oxygen atoms in total.